The van der Waals surface area contributed by atoms with Gasteiger partial charge in [-0.15, -0.1) is 0 Å². The second-order valence-corrected chi connectivity index (χ2v) is 6.02. The average Bonchev–Trinajstić information content (AvgIpc) is 2.87. The summed E-state index contributed by atoms with van der Waals surface area (Å²) in [7, 11) is 4.15. The van der Waals surface area contributed by atoms with Gasteiger partial charge < -0.3 is 9.67 Å². The molecule has 1 aliphatic rings. The van der Waals surface area contributed by atoms with Crippen LogP contribution in [0.4, 0.5) is 0 Å². The van der Waals surface area contributed by atoms with Crippen LogP contribution in [-0.2, 0) is 31.4 Å². The van der Waals surface area contributed by atoms with Gasteiger partial charge in [-0.1, -0.05) is 6.92 Å². The van der Waals surface area contributed by atoms with Crippen molar-refractivity contribution in [3.8, 4) is 0 Å². The Balaban J connectivity index is 2.06. The lowest BCUT2D eigenvalue weighted by Crippen LogP contribution is -2.12. The van der Waals surface area contributed by atoms with Crippen LogP contribution in [0, 0.1) is 5.92 Å². The van der Waals surface area contributed by atoms with Crippen LogP contribution in [-0.4, -0.2) is 27.6 Å². The largest absolute Gasteiger partial charge is 0.481 e. The maximum Gasteiger partial charge on any atom is 0.306 e. The van der Waals surface area contributed by atoms with Crippen LogP contribution in [0.2, 0.25) is 0 Å². The van der Waals surface area contributed by atoms with E-state index in [-0.39, 0.29) is 5.92 Å². The molecule has 1 aromatic heterocycles. The summed E-state index contributed by atoms with van der Waals surface area (Å²) < 4.78 is 2.11. The summed E-state index contributed by atoms with van der Waals surface area (Å²) in [4.78, 5) is 13.4. The predicted octanol–water partition coefficient (Wildman–Crippen LogP) is 2.39. The molecule has 0 saturated carbocycles. The molecular weight excluding hydrogens is 252 g/mol. The van der Waals surface area contributed by atoms with Gasteiger partial charge in [0.05, 0.1) is 5.92 Å². The molecule has 0 saturated heterocycles. The lowest BCUT2D eigenvalue weighted by atomic mass is 9.99. The van der Waals surface area contributed by atoms with E-state index < -0.39 is 5.97 Å². The van der Waals surface area contributed by atoms with Gasteiger partial charge in [-0.2, -0.15) is 0 Å². The van der Waals surface area contributed by atoms with Gasteiger partial charge in [0.25, 0.3) is 0 Å². The third-order valence-electron chi connectivity index (χ3n) is 4.22. The second-order valence-electron chi connectivity index (χ2n) is 6.02. The Morgan fingerprint density at radius 1 is 1.30 bits per heavy atom. The zero-order valence-corrected chi connectivity index (χ0v) is 12.2. The molecule has 4 nitrogen and oxygen atoms in total. The van der Waals surface area contributed by atoms with Gasteiger partial charge in [-0.05, 0) is 42.3 Å². The highest BCUT2D eigenvalue weighted by molar-refractivity contribution is 5.86. The molecule has 1 aromatic carbocycles. The number of aromatic nitrogens is 1. The van der Waals surface area contributed by atoms with Crippen LogP contribution in [0.25, 0.3) is 10.9 Å². The molecule has 1 aliphatic heterocycles. The molecule has 0 bridgehead atoms. The van der Waals surface area contributed by atoms with Crippen LogP contribution in [0.3, 0.4) is 0 Å². The maximum atomic E-state index is 11.1. The smallest absolute Gasteiger partial charge is 0.306 e. The Morgan fingerprint density at radius 2 is 1.95 bits per heavy atom. The molecule has 0 spiro atoms. The summed E-state index contributed by atoms with van der Waals surface area (Å²) in [5.41, 5.74) is 5.09. The third kappa shape index (κ3) is 2.10. The van der Waals surface area contributed by atoms with Crippen LogP contribution in [0.1, 0.15) is 23.6 Å². The molecule has 1 unspecified atom stereocenters. The lowest BCUT2D eigenvalue weighted by Gasteiger charge is -2.05. The number of aryl methyl sites for hydroxylation is 1. The monoisotopic (exact) mass is 272 g/mol. The molecule has 0 aliphatic carbocycles. The minimum Gasteiger partial charge on any atom is -0.481 e. The first-order valence-electron chi connectivity index (χ1n) is 6.96. The molecule has 106 valence electrons. The van der Waals surface area contributed by atoms with Crippen LogP contribution >= 0.6 is 0 Å². The van der Waals surface area contributed by atoms with E-state index in [9.17, 15) is 4.79 Å². The number of carbonyl (C=O) groups is 1. The van der Waals surface area contributed by atoms with Crippen LogP contribution in [0.5, 0.6) is 0 Å². The number of carboxylic acids is 1. The summed E-state index contributed by atoms with van der Waals surface area (Å²) in [5, 5.41) is 10.3. The van der Waals surface area contributed by atoms with E-state index in [2.05, 4.69) is 34.8 Å². The SMILES string of the molecule is CC(Cc1cn(C)c2cc3c(cc12)CN(C)C3)C(=O)O. The van der Waals surface area contributed by atoms with Crippen molar-refractivity contribution >= 4 is 16.9 Å². The zero-order chi connectivity index (χ0) is 14.4. The van der Waals surface area contributed by atoms with E-state index in [0.717, 1.165) is 18.7 Å². The van der Waals surface area contributed by atoms with Crippen molar-refractivity contribution in [1.29, 1.82) is 0 Å². The average molecular weight is 272 g/mol. The van der Waals surface area contributed by atoms with Gasteiger partial charge in [-0.25, -0.2) is 0 Å². The Kier molecular flexibility index (Phi) is 3.05. The molecule has 2 heterocycles. The standard InChI is InChI=1S/C16H20N2O2/c1-10(16(19)20)4-13-9-18(3)15-6-12-8-17(2)7-11(12)5-14(13)15/h5-6,9-10H,4,7-8H2,1-3H3,(H,19,20). The molecule has 1 N–H and O–H groups in total. The molecule has 0 amide bonds. The van der Waals surface area contributed by atoms with Crippen molar-refractivity contribution < 1.29 is 9.90 Å². The van der Waals surface area contributed by atoms with Crippen molar-refractivity contribution in [2.75, 3.05) is 7.05 Å². The Hall–Kier alpha value is -1.81. The summed E-state index contributed by atoms with van der Waals surface area (Å²) in [6.07, 6.45) is 2.66. The van der Waals surface area contributed by atoms with Crippen LogP contribution in [0.15, 0.2) is 18.3 Å². The number of fused-ring (bicyclic) bond motifs is 2. The third-order valence-corrected chi connectivity index (χ3v) is 4.22. The van der Waals surface area contributed by atoms with E-state index in [1.165, 1.54) is 22.0 Å². The first-order valence-corrected chi connectivity index (χ1v) is 6.96. The second kappa shape index (κ2) is 4.63. The first-order chi connectivity index (χ1) is 9.45. The maximum absolute atomic E-state index is 11.1. The molecule has 3 rings (SSSR count). The van der Waals surface area contributed by atoms with Gasteiger partial charge in [0.15, 0.2) is 0 Å². The number of hydrogen-bond donors (Lipinski definition) is 1. The van der Waals surface area contributed by atoms with E-state index in [0.29, 0.717) is 6.42 Å². The summed E-state index contributed by atoms with van der Waals surface area (Å²) in [6.45, 7) is 3.74. The topological polar surface area (TPSA) is 45.5 Å². The quantitative estimate of drug-likeness (QED) is 0.933. The number of aliphatic carboxylic acids is 1. The molecule has 0 radical (unpaired) electrons. The minimum atomic E-state index is -0.733. The van der Waals surface area contributed by atoms with E-state index in [1.807, 2.05) is 7.05 Å². The molecule has 2 aromatic rings. The van der Waals surface area contributed by atoms with Crippen LogP contribution < -0.4 is 0 Å². The Morgan fingerprint density at radius 3 is 2.60 bits per heavy atom. The number of benzene rings is 1. The molecular formula is C16H20N2O2. The van der Waals surface area contributed by atoms with Crippen molar-refractivity contribution in [2.24, 2.45) is 13.0 Å². The molecule has 0 fully saturated rings. The van der Waals surface area contributed by atoms with Gasteiger partial charge in [-0.3, -0.25) is 9.69 Å². The predicted molar refractivity (Wildman–Crippen MR) is 78.6 cm³/mol. The lowest BCUT2D eigenvalue weighted by molar-refractivity contribution is -0.141. The van der Waals surface area contributed by atoms with Crippen molar-refractivity contribution in [2.45, 2.75) is 26.4 Å². The number of hydrogen-bond acceptors (Lipinski definition) is 2. The van der Waals surface area contributed by atoms with Crippen molar-refractivity contribution in [1.82, 2.24) is 9.47 Å². The van der Waals surface area contributed by atoms with E-state index in [4.69, 9.17) is 5.11 Å². The highest BCUT2D eigenvalue weighted by atomic mass is 16.4. The van der Waals surface area contributed by atoms with Crippen molar-refractivity contribution in [3.63, 3.8) is 0 Å². The normalized spacial score (nSPS) is 16.6. The number of carboxylic acid groups (broad SMARTS) is 1. The summed E-state index contributed by atoms with van der Waals surface area (Å²) in [5.74, 6) is -1.08. The number of rotatable bonds is 3. The fourth-order valence-electron chi connectivity index (χ4n) is 3.11. The summed E-state index contributed by atoms with van der Waals surface area (Å²) in [6, 6.07) is 4.50. The molecule has 20 heavy (non-hydrogen) atoms. The number of nitrogens with zero attached hydrogens (tertiary/aromatic N) is 2. The first kappa shape index (κ1) is 13.2. The molecule has 4 heteroatoms. The fourth-order valence-corrected chi connectivity index (χ4v) is 3.11. The van der Waals surface area contributed by atoms with Gasteiger partial charge in [0.1, 0.15) is 0 Å². The highest BCUT2D eigenvalue weighted by Gasteiger charge is 2.20. The minimum absolute atomic E-state index is 0.350. The van der Waals surface area contributed by atoms with Gasteiger partial charge >= 0.3 is 5.97 Å². The van der Waals surface area contributed by atoms with E-state index in [1.54, 1.807) is 6.92 Å². The Labute approximate surface area is 118 Å². The van der Waals surface area contributed by atoms with Gasteiger partial charge in [0, 0.05) is 37.2 Å². The van der Waals surface area contributed by atoms with Crippen molar-refractivity contribution in [3.05, 3.63) is 35.0 Å². The summed E-state index contributed by atoms with van der Waals surface area (Å²) >= 11 is 0. The molecule has 1 atom stereocenters. The fraction of sp³-hybridized carbons (Fsp3) is 0.438. The van der Waals surface area contributed by atoms with E-state index >= 15 is 0 Å². The Bertz CT molecular complexity index is 687. The zero-order valence-electron chi connectivity index (χ0n) is 12.2. The van der Waals surface area contributed by atoms with Gasteiger partial charge in [0.2, 0.25) is 0 Å². The highest BCUT2D eigenvalue weighted by Crippen LogP contribution is 2.30.